The first-order valence-corrected chi connectivity index (χ1v) is 5.94. The van der Waals surface area contributed by atoms with Crippen molar-refractivity contribution in [3.05, 3.63) is 17.3 Å². The van der Waals surface area contributed by atoms with Gasteiger partial charge in [-0.1, -0.05) is 20.8 Å². The van der Waals surface area contributed by atoms with Crippen LogP contribution in [0.2, 0.25) is 0 Å². The Labute approximate surface area is 99.1 Å². The Kier molecular flexibility index (Phi) is 2.59. The molecule has 16 heavy (non-hydrogen) atoms. The summed E-state index contributed by atoms with van der Waals surface area (Å²) >= 11 is 1.70. The van der Waals surface area contributed by atoms with Crippen LogP contribution in [-0.4, -0.2) is 17.0 Å². The van der Waals surface area contributed by atoms with Crippen LogP contribution < -0.4 is 10.9 Å². The van der Waals surface area contributed by atoms with Crippen LogP contribution in [0.25, 0.3) is 10.2 Å². The number of aromatic nitrogens is 2. The van der Waals surface area contributed by atoms with Gasteiger partial charge in [0.2, 0.25) is 0 Å². The van der Waals surface area contributed by atoms with Gasteiger partial charge in [-0.25, -0.2) is 15.8 Å². The Morgan fingerprint density at radius 1 is 1.31 bits per heavy atom. The summed E-state index contributed by atoms with van der Waals surface area (Å²) in [5.41, 5.74) is 0.135. The van der Waals surface area contributed by atoms with Gasteiger partial charge in [-0.3, -0.25) is 5.01 Å². The Morgan fingerprint density at radius 3 is 2.56 bits per heavy atom. The van der Waals surface area contributed by atoms with Crippen LogP contribution in [-0.2, 0) is 5.41 Å². The summed E-state index contributed by atoms with van der Waals surface area (Å²) in [6, 6.07) is 2.14. The van der Waals surface area contributed by atoms with Gasteiger partial charge in [-0.2, -0.15) is 0 Å². The van der Waals surface area contributed by atoms with E-state index >= 15 is 0 Å². The van der Waals surface area contributed by atoms with Crippen molar-refractivity contribution < 1.29 is 0 Å². The number of nitrogens with two attached hydrogens (primary N) is 1. The molecule has 0 aliphatic carbocycles. The minimum atomic E-state index is 0.135. The molecule has 2 heterocycles. The standard InChI is InChI=1S/C11H16N4S/c1-11(2,3)8-5-7-9(15(4)12)13-6-14-10(7)16-8/h5-6H,12H2,1-4H3. The molecule has 0 saturated heterocycles. The average molecular weight is 236 g/mol. The normalized spacial score (nSPS) is 12.1. The van der Waals surface area contributed by atoms with Gasteiger partial charge in [0, 0.05) is 11.9 Å². The Hall–Kier alpha value is -1.20. The van der Waals surface area contributed by atoms with Gasteiger partial charge in [-0.05, 0) is 11.5 Å². The number of hydrazine groups is 1. The molecule has 0 amide bonds. The van der Waals surface area contributed by atoms with Gasteiger partial charge in [0.25, 0.3) is 0 Å². The fraction of sp³-hybridized carbons (Fsp3) is 0.455. The molecule has 2 aromatic rings. The summed E-state index contributed by atoms with van der Waals surface area (Å²) in [4.78, 5) is 10.8. The van der Waals surface area contributed by atoms with Crippen LogP contribution >= 0.6 is 11.3 Å². The molecule has 0 radical (unpaired) electrons. The van der Waals surface area contributed by atoms with Crippen LogP contribution in [0, 0.1) is 0 Å². The molecule has 2 aromatic heterocycles. The summed E-state index contributed by atoms with van der Waals surface area (Å²) in [6.07, 6.45) is 1.56. The summed E-state index contributed by atoms with van der Waals surface area (Å²) < 4.78 is 0. The van der Waals surface area contributed by atoms with Crippen molar-refractivity contribution in [3.8, 4) is 0 Å². The quantitative estimate of drug-likeness (QED) is 0.609. The SMILES string of the molecule is CN(N)c1ncnc2sc(C(C)(C)C)cc12. The topological polar surface area (TPSA) is 55.0 Å². The second-order valence-corrected chi connectivity index (χ2v) is 5.92. The van der Waals surface area contributed by atoms with Crippen LogP contribution in [0.3, 0.4) is 0 Å². The number of hydrogen-bond acceptors (Lipinski definition) is 5. The lowest BCUT2D eigenvalue weighted by molar-refractivity contribution is 0.604. The van der Waals surface area contributed by atoms with E-state index in [9.17, 15) is 0 Å². The highest BCUT2D eigenvalue weighted by Gasteiger charge is 2.19. The lowest BCUT2D eigenvalue weighted by Crippen LogP contribution is -2.26. The van der Waals surface area contributed by atoms with Crippen LogP contribution in [0.4, 0.5) is 5.82 Å². The molecule has 0 bridgehead atoms. The molecule has 0 spiro atoms. The van der Waals surface area contributed by atoms with Crippen molar-refractivity contribution in [3.63, 3.8) is 0 Å². The summed E-state index contributed by atoms with van der Waals surface area (Å²) in [7, 11) is 1.79. The van der Waals surface area contributed by atoms with Crippen molar-refractivity contribution in [1.82, 2.24) is 9.97 Å². The number of nitrogens with zero attached hydrogens (tertiary/aromatic N) is 3. The van der Waals surface area contributed by atoms with E-state index in [1.54, 1.807) is 24.7 Å². The third-order valence-electron chi connectivity index (χ3n) is 2.38. The zero-order valence-corrected chi connectivity index (χ0v) is 10.8. The van der Waals surface area contributed by atoms with Crippen molar-refractivity contribution in [2.75, 3.05) is 12.1 Å². The number of thiophene rings is 1. The molecule has 2 N–H and O–H groups in total. The highest BCUT2D eigenvalue weighted by atomic mass is 32.1. The molecule has 0 atom stereocenters. The average Bonchev–Trinajstić information content (AvgIpc) is 2.59. The third-order valence-corrected chi connectivity index (χ3v) is 3.85. The van der Waals surface area contributed by atoms with Crippen molar-refractivity contribution >= 4 is 27.4 Å². The summed E-state index contributed by atoms with van der Waals surface area (Å²) in [5.74, 6) is 6.52. The van der Waals surface area contributed by atoms with Gasteiger partial charge in [0.1, 0.15) is 11.2 Å². The first-order valence-electron chi connectivity index (χ1n) is 5.13. The predicted molar refractivity (Wildman–Crippen MR) is 68.7 cm³/mol. The second kappa shape index (κ2) is 3.68. The molecule has 0 saturated carbocycles. The minimum absolute atomic E-state index is 0.135. The number of rotatable bonds is 1. The van der Waals surface area contributed by atoms with E-state index in [0.29, 0.717) is 0 Å². The fourth-order valence-electron chi connectivity index (χ4n) is 1.49. The highest BCUT2D eigenvalue weighted by molar-refractivity contribution is 7.18. The monoisotopic (exact) mass is 236 g/mol. The molecule has 0 fully saturated rings. The maximum Gasteiger partial charge on any atom is 0.154 e. The van der Waals surface area contributed by atoms with Crippen molar-refractivity contribution in [2.45, 2.75) is 26.2 Å². The largest absolute Gasteiger partial charge is 0.297 e. The first-order chi connectivity index (χ1) is 7.39. The molecule has 0 aromatic carbocycles. The first kappa shape index (κ1) is 11.3. The zero-order chi connectivity index (χ0) is 11.9. The van der Waals surface area contributed by atoms with Gasteiger partial charge in [-0.15, -0.1) is 11.3 Å². The lowest BCUT2D eigenvalue weighted by atomic mass is 9.94. The van der Waals surface area contributed by atoms with Crippen molar-refractivity contribution in [1.29, 1.82) is 0 Å². The van der Waals surface area contributed by atoms with Gasteiger partial charge < -0.3 is 0 Å². The van der Waals surface area contributed by atoms with Crippen molar-refractivity contribution in [2.24, 2.45) is 5.84 Å². The van der Waals surface area contributed by atoms with Crippen LogP contribution in [0.1, 0.15) is 25.6 Å². The highest BCUT2D eigenvalue weighted by Crippen LogP contribution is 2.35. The Balaban J connectivity index is 2.66. The van der Waals surface area contributed by atoms with Gasteiger partial charge >= 0.3 is 0 Å². The Morgan fingerprint density at radius 2 is 2.00 bits per heavy atom. The van der Waals surface area contributed by atoms with E-state index in [1.165, 1.54) is 9.89 Å². The second-order valence-electron chi connectivity index (χ2n) is 4.89. The minimum Gasteiger partial charge on any atom is -0.297 e. The molecular weight excluding hydrogens is 220 g/mol. The molecule has 0 aliphatic heterocycles. The number of fused-ring (bicyclic) bond motifs is 1. The predicted octanol–water partition coefficient (Wildman–Crippen LogP) is 2.30. The molecule has 0 unspecified atom stereocenters. The molecular formula is C11H16N4S. The molecule has 4 nitrogen and oxygen atoms in total. The molecule has 5 heteroatoms. The van der Waals surface area contributed by atoms with E-state index in [2.05, 4.69) is 36.8 Å². The lowest BCUT2D eigenvalue weighted by Gasteiger charge is -2.15. The van der Waals surface area contributed by atoms with E-state index < -0.39 is 0 Å². The van der Waals surface area contributed by atoms with Gasteiger partial charge in [0.05, 0.1) is 5.39 Å². The van der Waals surface area contributed by atoms with E-state index in [1.807, 2.05) is 0 Å². The fourth-order valence-corrected chi connectivity index (χ4v) is 2.54. The summed E-state index contributed by atoms with van der Waals surface area (Å²) in [6.45, 7) is 6.57. The summed E-state index contributed by atoms with van der Waals surface area (Å²) in [5, 5.41) is 2.56. The zero-order valence-electron chi connectivity index (χ0n) is 9.98. The maximum absolute atomic E-state index is 5.75. The maximum atomic E-state index is 5.75. The third kappa shape index (κ3) is 1.88. The number of anilines is 1. The number of hydrogen-bond donors (Lipinski definition) is 1. The van der Waals surface area contributed by atoms with Crippen LogP contribution in [0.15, 0.2) is 12.4 Å². The molecule has 2 rings (SSSR count). The van der Waals surface area contributed by atoms with E-state index in [4.69, 9.17) is 5.84 Å². The molecule has 86 valence electrons. The van der Waals surface area contributed by atoms with E-state index in [0.717, 1.165) is 16.0 Å². The molecule has 0 aliphatic rings. The van der Waals surface area contributed by atoms with Gasteiger partial charge in [0.15, 0.2) is 5.82 Å². The smallest absolute Gasteiger partial charge is 0.154 e. The van der Waals surface area contributed by atoms with E-state index in [-0.39, 0.29) is 5.41 Å². The Bertz CT molecular complexity index is 510. The van der Waals surface area contributed by atoms with Crippen LogP contribution in [0.5, 0.6) is 0 Å².